The molecule has 2 unspecified atom stereocenters. The zero-order valence-corrected chi connectivity index (χ0v) is 11.3. The van der Waals surface area contributed by atoms with Crippen molar-refractivity contribution in [1.82, 2.24) is 0 Å². The van der Waals surface area contributed by atoms with Crippen molar-refractivity contribution in [2.24, 2.45) is 0 Å². The minimum Gasteiger partial charge on any atom is -0.466 e. The molecule has 1 aromatic rings. The van der Waals surface area contributed by atoms with Crippen molar-refractivity contribution in [1.29, 1.82) is 0 Å². The quantitative estimate of drug-likeness (QED) is 0.462. The van der Waals surface area contributed by atoms with Crippen molar-refractivity contribution in [3.8, 4) is 0 Å². The molecule has 2 atom stereocenters. The SMILES string of the molecule is CCOC(=O)CC(O)C(O)c1cccc(C)c1[N+](=O)[O-]. The molecule has 0 saturated heterocycles. The normalized spacial score (nSPS) is 13.6. The summed E-state index contributed by atoms with van der Waals surface area (Å²) in [6.07, 6.45) is -3.42. The van der Waals surface area contributed by atoms with Gasteiger partial charge >= 0.3 is 5.97 Å². The van der Waals surface area contributed by atoms with Crippen LogP contribution in [0.4, 0.5) is 5.69 Å². The summed E-state index contributed by atoms with van der Waals surface area (Å²) < 4.78 is 4.66. The van der Waals surface area contributed by atoms with E-state index in [1.54, 1.807) is 6.92 Å². The highest BCUT2D eigenvalue weighted by molar-refractivity contribution is 5.70. The van der Waals surface area contributed by atoms with Crippen LogP contribution in [0.2, 0.25) is 0 Å². The molecular weight excluding hydrogens is 266 g/mol. The topological polar surface area (TPSA) is 110 Å². The van der Waals surface area contributed by atoms with Crippen molar-refractivity contribution in [3.05, 3.63) is 39.4 Å². The first-order valence-corrected chi connectivity index (χ1v) is 6.14. The van der Waals surface area contributed by atoms with Gasteiger partial charge in [0.15, 0.2) is 0 Å². The van der Waals surface area contributed by atoms with E-state index < -0.39 is 29.5 Å². The number of para-hydroxylation sites is 1. The number of aryl methyl sites for hydroxylation is 1. The van der Waals surface area contributed by atoms with Crippen LogP contribution in [-0.2, 0) is 9.53 Å². The minimum absolute atomic E-state index is 0.0215. The Morgan fingerprint density at radius 1 is 1.45 bits per heavy atom. The monoisotopic (exact) mass is 283 g/mol. The molecule has 20 heavy (non-hydrogen) atoms. The lowest BCUT2D eigenvalue weighted by atomic mass is 9.98. The predicted octanol–water partition coefficient (Wildman–Crippen LogP) is 1.25. The molecule has 0 aromatic heterocycles. The van der Waals surface area contributed by atoms with Crippen molar-refractivity contribution >= 4 is 11.7 Å². The third kappa shape index (κ3) is 3.75. The van der Waals surface area contributed by atoms with Gasteiger partial charge in [0.1, 0.15) is 6.10 Å². The molecule has 0 saturated carbocycles. The number of carbonyl (C=O) groups is 1. The summed E-state index contributed by atoms with van der Waals surface area (Å²) in [5.41, 5.74) is 0.0876. The number of esters is 1. The van der Waals surface area contributed by atoms with Gasteiger partial charge in [0.25, 0.3) is 5.69 Å². The van der Waals surface area contributed by atoms with Gasteiger partial charge in [0.05, 0.1) is 29.6 Å². The molecule has 110 valence electrons. The van der Waals surface area contributed by atoms with E-state index >= 15 is 0 Å². The highest BCUT2D eigenvalue weighted by Crippen LogP contribution is 2.31. The maximum atomic E-state index is 11.2. The molecule has 7 heteroatoms. The lowest BCUT2D eigenvalue weighted by Gasteiger charge is -2.18. The third-order valence-corrected chi connectivity index (χ3v) is 2.82. The summed E-state index contributed by atoms with van der Waals surface area (Å²) in [7, 11) is 0. The molecule has 0 aliphatic heterocycles. The number of aliphatic hydroxyl groups excluding tert-OH is 2. The molecular formula is C13H17NO6. The zero-order chi connectivity index (χ0) is 15.3. The van der Waals surface area contributed by atoms with Gasteiger partial charge in [-0.1, -0.05) is 12.1 Å². The molecule has 0 amide bonds. The first-order chi connectivity index (χ1) is 9.38. The average molecular weight is 283 g/mol. The van der Waals surface area contributed by atoms with Gasteiger partial charge < -0.3 is 14.9 Å². The highest BCUT2D eigenvalue weighted by Gasteiger charge is 2.29. The third-order valence-electron chi connectivity index (χ3n) is 2.82. The van der Waals surface area contributed by atoms with Crippen LogP contribution < -0.4 is 0 Å². The number of nitro groups is 1. The average Bonchev–Trinajstić information content (AvgIpc) is 2.37. The molecule has 0 fully saturated rings. The number of ether oxygens (including phenoxy) is 1. The van der Waals surface area contributed by atoms with Gasteiger partial charge in [-0.2, -0.15) is 0 Å². The lowest BCUT2D eigenvalue weighted by Crippen LogP contribution is -2.24. The molecule has 2 N–H and O–H groups in total. The summed E-state index contributed by atoms with van der Waals surface area (Å²) >= 11 is 0. The molecule has 0 heterocycles. The smallest absolute Gasteiger partial charge is 0.308 e. The fourth-order valence-corrected chi connectivity index (χ4v) is 1.88. The van der Waals surface area contributed by atoms with E-state index in [-0.39, 0.29) is 17.9 Å². The molecule has 7 nitrogen and oxygen atoms in total. The van der Waals surface area contributed by atoms with Gasteiger partial charge in [-0.05, 0) is 19.9 Å². The largest absolute Gasteiger partial charge is 0.466 e. The van der Waals surface area contributed by atoms with E-state index in [1.165, 1.54) is 25.1 Å². The predicted molar refractivity (Wildman–Crippen MR) is 70.1 cm³/mol. The molecule has 0 spiro atoms. The second kappa shape index (κ2) is 6.97. The van der Waals surface area contributed by atoms with Gasteiger partial charge in [-0.25, -0.2) is 0 Å². The fourth-order valence-electron chi connectivity index (χ4n) is 1.88. The van der Waals surface area contributed by atoms with E-state index in [4.69, 9.17) is 0 Å². The lowest BCUT2D eigenvalue weighted by molar-refractivity contribution is -0.386. The number of hydrogen-bond acceptors (Lipinski definition) is 6. The van der Waals surface area contributed by atoms with Crippen LogP contribution in [0.25, 0.3) is 0 Å². The Bertz CT molecular complexity index is 502. The number of nitro benzene ring substituents is 1. The minimum atomic E-state index is -1.53. The standard InChI is InChI=1S/C13H17NO6/c1-3-20-11(16)7-10(15)13(17)9-6-4-5-8(2)12(9)14(18)19/h4-6,10,13,15,17H,3,7H2,1-2H3. The highest BCUT2D eigenvalue weighted by atomic mass is 16.6. The zero-order valence-electron chi connectivity index (χ0n) is 11.3. The Kier molecular flexibility index (Phi) is 5.60. The van der Waals surface area contributed by atoms with Crippen LogP contribution in [-0.4, -0.2) is 33.8 Å². The van der Waals surface area contributed by atoms with E-state index in [0.717, 1.165) is 0 Å². The van der Waals surface area contributed by atoms with Crippen LogP contribution in [0.5, 0.6) is 0 Å². The number of rotatable bonds is 6. The Labute approximate surface area is 116 Å². The van der Waals surface area contributed by atoms with E-state index in [1.807, 2.05) is 0 Å². The van der Waals surface area contributed by atoms with E-state index in [9.17, 15) is 25.1 Å². The first-order valence-electron chi connectivity index (χ1n) is 6.14. The van der Waals surface area contributed by atoms with Crippen molar-refractivity contribution in [2.45, 2.75) is 32.5 Å². The van der Waals surface area contributed by atoms with Crippen LogP contribution in [0.15, 0.2) is 18.2 Å². The van der Waals surface area contributed by atoms with Crippen molar-refractivity contribution in [2.75, 3.05) is 6.61 Å². The Morgan fingerprint density at radius 2 is 2.10 bits per heavy atom. The van der Waals surface area contributed by atoms with Gasteiger partial charge in [0, 0.05) is 5.56 Å². The summed E-state index contributed by atoms with van der Waals surface area (Å²) in [5.74, 6) is -0.672. The van der Waals surface area contributed by atoms with Crippen LogP contribution in [0.3, 0.4) is 0 Å². The maximum Gasteiger partial charge on any atom is 0.308 e. The summed E-state index contributed by atoms with van der Waals surface area (Å²) in [6.45, 7) is 3.31. The number of hydrogen-bond donors (Lipinski definition) is 2. The summed E-state index contributed by atoms with van der Waals surface area (Å²) in [5, 5.41) is 30.8. The molecule has 0 bridgehead atoms. The van der Waals surface area contributed by atoms with Gasteiger partial charge in [-0.3, -0.25) is 14.9 Å². The number of aliphatic hydroxyl groups is 2. The van der Waals surface area contributed by atoms with E-state index in [2.05, 4.69) is 4.74 Å². The van der Waals surface area contributed by atoms with Crippen LogP contribution in [0.1, 0.15) is 30.6 Å². The second-order valence-corrected chi connectivity index (χ2v) is 4.29. The number of benzene rings is 1. The van der Waals surface area contributed by atoms with Gasteiger partial charge in [-0.15, -0.1) is 0 Å². The second-order valence-electron chi connectivity index (χ2n) is 4.29. The molecule has 0 aliphatic rings. The molecule has 1 aromatic carbocycles. The number of carbonyl (C=O) groups excluding carboxylic acids is 1. The summed E-state index contributed by atoms with van der Waals surface area (Å²) in [4.78, 5) is 21.6. The van der Waals surface area contributed by atoms with Crippen molar-refractivity contribution < 1.29 is 24.7 Å². The Morgan fingerprint density at radius 3 is 2.65 bits per heavy atom. The summed E-state index contributed by atoms with van der Waals surface area (Å²) in [6, 6.07) is 4.42. The molecule has 0 aliphatic carbocycles. The van der Waals surface area contributed by atoms with Gasteiger partial charge in [0.2, 0.25) is 0 Å². The molecule has 0 radical (unpaired) electrons. The Balaban J connectivity index is 2.97. The Hall–Kier alpha value is -1.99. The first kappa shape index (κ1) is 16.1. The van der Waals surface area contributed by atoms with Crippen molar-refractivity contribution in [3.63, 3.8) is 0 Å². The fraction of sp³-hybridized carbons (Fsp3) is 0.462. The van der Waals surface area contributed by atoms with E-state index in [0.29, 0.717) is 5.56 Å². The maximum absolute atomic E-state index is 11.2. The van der Waals surface area contributed by atoms with Crippen LogP contribution in [0, 0.1) is 17.0 Å². The number of nitrogens with zero attached hydrogens (tertiary/aromatic N) is 1. The molecule has 1 rings (SSSR count). The van der Waals surface area contributed by atoms with Crippen LogP contribution >= 0.6 is 0 Å².